The Labute approximate surface area is 189 Å². The van der Waals surface area contributed by atoms with Crippen LogP contribution in [0.4, 0.5) is 0 Å². The van der Waals surface area contributed by atoms with E-state index in [1.807, 2.05) is 6.92 Å². The maximum absolute atomic E-state index is 12.4. The number of nitrogens with one attached hydrogen (secondary N) is 1. The van der Waals surface area contributed by atoms with Crippen LogP contribution in [0.15, 0.2) is 53.7 Å². The fraction of sp³-hybridized carbons (Fsp3) is 0.400. The van der Waals surface area contributed by atoms with Gasteiger partial charge in [-0.3, -0.25) is 9.36 Å². The monoisotopic (exact) mass is 436 g/mol. The van der Waals surface area contributed by atoms with E-state index in [1.54, 1.807) is 11.8 Å². The minimum atomic E-state index is -0.226. The molecule has 0 bridgehead atoms. The summed E-state index contributed by atoms with van der Waals surface area (Å²) in [6.07, 6.45) is 3.63. The quantitative estimate of drug-likeness (QED) is 0.316. The Balaban J connectivity index is 1.84. The number of carbonyl (C=O) groups excluding carboxylic acids is 1. The van der Waals surface area contributed by atoms with Gasteiger partial charge in [-0.2, -0.15) is 0 Å². The van der Waals surface area contributed by atoms with E-state index in [0.717, 1.165) is 41.7 Å². The number of benzene rings is 2. The van der Waals surface area contributed by atoms with Crippen molar-refractivity contribution in [3.8, 4) is 5.69 Å². The molecule has 0 aliphatic heterocycles. The van der Waals surface area contributed by atoms with Gasteiger partial charge in [-0.15, -0.1) is 10.2 Å². The van der Waals surface area contributed by atoms with Crippen molar-refractivity contribution in [1.29, 1.82) is 0 Å². The van der Waals surface area contributed by atoms with E-state index < -0.39 is 0 Å². The number of aromatic nitrogens is 3. The minimum absolute atomic E-state index is 0.0634. The maximum atomic E-state index is 12.4. The second-order valence-electron chi connectivity index (χ2n) is 7.97. The summed E-state index contributed by atoms with van der Waals surface area (Å²) in [5.41, 5.74) is 4.75. The van der Waals surface area contributed by atoms with Gasteiger partial charge in [0.25, 0.3) is 0 Å². The molecule has 5 nitrogen and oxygen atoms in total. The van der Waals surface area contributed by atoms with Gasteiger partial charge in [0.15, 0.2) is 11.0 Å². The van der Waals surface area contributed by atoms with Crippen molar-refractivity contribution < 1.29 is 4.79 Å². The predicted molar refractivity (Wildman–Crippen MR) is 128 cm³/mol. The van der Waals surface area contributed by atoms with Crippen molar-refractivity contribution in [3.05, 3.63) is 71.0 Å². The van der Waals surface area contributed by atoms with Gasteiger partial charge in [0.05, 0.1) is 6.04 Å². The lowest BCUT2D eigenvalue weighted by molar-refractivity contribution is -0.121. The van der Waals surface area contributed by atoms with Crippen LogP contribution < -0.4 is 5.32 Å². The van der Waals surface area contributed by atoms with E-state index in [2.05, 4.69) is 89.4 Å². The highest BCUT2D eigenvalue weighted by molar-refractivity contribution is 7.98. The molecule has 0 spiro atoms. The fourth-order valence-electron chi connectivity index (χ4n) is 3.42. The summed E-state index contributed by atoms with van der Waals surface area (Å²) in [5.74, 6) is 1.63. The molecule has 1 amide bonds. The lowest BCUT2D eigenvalue weighted by atomic mass is 10.1. The van der Waals surface area contributed by atoms with E-state index in [1.165, 1.54) is 16.7 Å². The van der Waals surface area contributed by atoms with Crippen LogP contribution in [0.25, 0.3) is 5.69 Å². The number of nitrogens with zero attached hydrogens (tertiary/aromatic N) is 3. The Morgan fingerprint density at radius 3 is 2.52 bits per heavy atom. The molecule has 3 aromatic rings. The van der Waals surface area contributed by atoms with Gasteiger partial charge in [0.1, 0.15) is 0 Å². The smallest absolute Gasteiger partial charge is 0.220 e. The molecule has 31 heavy (non-hydrogen) atoms. The molecule has 1 N–H and O–H groups in total. The zero-order chi connectivity index (χ0) is 22.2. The number of hydrogen-bond acceptors (Lipinski definition) is 4. The van der Waals surface area contributed by atoms with Crippen LogP contribution in [0.3, 0.4) is 0 Å². The number of carbonyl (C=O) groups is 1. The number of amides is 1. The van der Waals surface area contributed by atoms with E-state index >= 15 is 0 Å². The SMILES string of the molecule is CCCCCC(=O)NC(C)c1nnc(SCc2ccccc2C)n1-c1ccc(C)cc1. The van der Waals surface area contributed by atoms with Crippen molar-refractivity contribution >= 4 is 17.7 Å². The number of rotatable bonds is 10. The topological polar surface area (TPSA) is 59.8 Å². The molecule has 0 aliphatic carbocycles. The van der Waals surface area contributed by atoms with Crippen LogP contribution in [0.2, 0.25) is 0 Å². The highest BCUT2D eigenvalue weighted by atomic mass is 32.2. The number of unbranched alkanes of at least 4 members (excludes halogenated alkanes) is 2. The Morgan fingerprint density at radius 1 is 1.06 bits per heavy atom. The largest absolute Gasteiger partial charge is 0.346 e. The van der Waals surface area contributed by atoms with Gasteiger partial charge < -0.3 is 5.32 Å². The Bertz CT molecular complexity index is 997. The number of hydrogen-bond donors (Lipinski definition) is 1. The maximum Gasteiger partial charge on any atom is 0.220 e. The third-order valence-corrected chi connectivity index (χ3v) is 6.32. The molecule has 0 saturated carbocycles. The van der Waals surface area contributed by atoms with Crippen LogP contribution in [0.1, 0.15) is 68.1 Å². The summed E-state index contributed by atoms with van der Waals surface area (Å²) in [7, 11) is 0. The molecule has 1 aromatic heterocycles. The molecular formula is C25H32N4OS. The van der Waals surface area contributed by atoms with Gasteiger partial charge in [-0.1, -0.05) is 73.5 Å². The van der Waals surface area contributed by atoms with E-state index in [4.69, 9.17) is 0 Å². The summed E-state index contributed by atoms with van der Waals surface area (Å²) in [5, 5.41) is 12.9. The number of aryl methyl sites for hydroxylation is 2. The zero-order valence-electron chi connectivity index (χ0n) is 18.9. The van der Waals surface area contributed by atoms with Crippen molar-refractivity contribution in [2.45, 2.75) is 70.3 Å². The van der Waals surface area contributed by atoms with Gasteiger partial charge in [0.2, 0.25) is 5.91 Å². The third-order valence-electron chi connectivity index (χ3n) is 5.34. The molecule has 0 saturated heterocycles. The summed E-state index contributed by atoms with van der Waals surface area (Å²) in [4.78, 5) is 12.4. The fourth-order valence-corrected chi connectivity index (χ4v) is 4.45. The first-order valence-corrected chi connectivity index (χ1v) is 12.0. The molecular weight excluding hydrogens is 404 g/mol. The zero-order valence-corrected chi connectivity index (χ0v) is 19.7. The van der Waals surface area contributed by atoms with Gasteiger partial charge in [-0.25, -0.2) is 0 Å². The molecule has 6 heteroatoms. The van der Waals surface area contributed by atoms with Crippen LogP contribution in [-0.2, 0) is 10.5 Å². The molecule has 0 radical (unpaired) electrons. The highest BCUT2D eigenvalue weighted by Gasteiger charge is 2.21. The standard InChI is InChI=1S/C25H32N4OS/c1-5-6-7-12-23(30)26-20(4)24-27-28-25(29(24)22-15-13-18(2)14-16-22)31-17-21-11-9-8-10-19(21)3/h8-11,13-16,20H,5-7,12,17H2,1-4H3,(H,26,30). The third kappa shape index (κ3) is 6.20. The summed E-state index contributed by atoms with van der Waals surface area (Å²) in [6.45, 7) is 8.31. The highest BCUT2D eigenvalue weighted by Crippen LogP contribution is 2.28. The van der Waals surface area contributed by atoms with Crippen molar-refractivity contribution in [3.63, 3.8) is 0 Å². The van der Waals surface area contributed by atoms with E-state index in [9.17, 15) is 4.79 Å². The van der Waals surface area contributed by atoms with Crippen LogP contribution >= 0.6 is 11.8 Å². The predicted octanol–water partition coefficient (Wildman–Crippen LogP) is 5.93. The summed E-state index contributed by atoms with van der Waals surface area (Å²) in [6, 6.07) is 16.5. The molecule has 0 aliphatic rings. The summed E-state index contributed by atoms with van der Waals surface area (Å²) < 4.78 is 2.07. The molecule has 164 valence electrons. The lowest BCUT2D eigenvalue weighted by Gasteiger charge is -2.16. The van der Waals surface area contributed by atoms with Gasteiger partial charge >= 0.3 is 0 Å². The molecule has 1 atom stereocenters. The lowest BCUT2D eigenvalue weighted by Crippen LogP contribution is -2.28. The average Bonchev–Trinajstić information content (AvgIpc) is 3.18. The van der Waals surface area contributed by atoms with Crippen molar-refractivity contribution in [2.24, 2.45) is 0 Å². The Hall–Kier alpha value is -2.60. The molecule has 1 unspecified atom stereocenters. The van der Waals surface area contributed by atoms with Crippen molar-refractivity contribution in [2.75, 3.05) is 0 Å². The summed E-state index contributed by atoms with van der Waals surface area (Å²) >= 11 is 1.66. The molecule has 3 rings (SSSR count). The van der Waals surface area contributed by atoms with E-state index in [0.29, 0.717) is 6.42 Å². The van der Waals surface area contributed by atoms with Gasteiger partial charge in [-0.05, 0) is 50.5 Å². The second kappa shape index (κ2) is 11.1. The first-order chi connectivity index (χ1) is 15.0. The molecule has 1 heterocycles. The number of thioether (sulfide) groups is 1. The average molecular weight is 437 g/mol. The van der Waals surface area contributed by atoms with Crippen molar-refractivity contribution in [1.82, 2.24) is 20.1 Å². The normalized spacial score (nSPS) is 12.0. The van der Waals surface area contributed by atoms with Crippen LogP contribution in [0.5, 0.6) is 0 Å². The van der Waals surface area contributed by atoms with E-state index in [-0.39, 0.29) is 11.9 Å². The first kappa shape index (κ1) is 23.1. The Kier molecular flexibility index (Phi) is 8.29. The first-order valence-electron chi connectivity index (χ1n) is 11.0. The van der Waals surface area contributed by atoms with Crippen LogP contribution in [-0.4, -0.2) is 20.7 Å². The Morgan fingerprint density at radius 2 is 1.81 bits per heavy atom. The van der Waals surface area contributed by atoms with Gasteiger partial charge in [0, 0.05) is 17.9 Å². The van der Waals surface area contributed by atoms with Crippen LogP contribution in [0, 0.1) is 13.8 Å². The minimum Gasteiger partial charge on any atom is -0.346 e. The molecule has 2 aromatic carbocycles. The second-order valence-corrected chi connectivity index (χ2v) is 8.92. The molecule has 0 fully saturated rings.